The number of nitrogens with zero attached hydrogens (tertiary/aromatic N) is 1. The highest BCUT2D eigenvalue weighted by Crippen LogP contribution is 2.15. The Bertz CT molecular complexity index is 807. The van der Waals surface area contributed by atoms with Crippen LogP contribution in [0.15, 0.2) is 29.1 Å². The van der Waals surface area contributed by atoms with Gasteiger partial charge in [0.2, 0.25) is 0 Å². The van der Waals surface area contributed by atoms with Gasteiger partial charge in [-0.15, -0.1) is 0 Å². The van der Waals surface area contributed by atoms with Crippen LogP contribution in [0.1, 0.15) is 31.4 Å². The van der Waals surface area contributed by atoms with Crippen molar-refractivity contribution in [1.82, 2.24) is 15.2 Å². The Morgan fingerprint density at radius 3 is 2.85 bits per heavy atom. The molecule has 0 radical (unpaired) electrons. The lowest BCUT2D eigenvalue weighted by Gasteiger charge is -2.25. The van der Waals surface area contributed by atoms with Crippen molar-refractivity contribution < 1.29 is 9.84 Å². The second kappa shape index (κ2) is 11.0. The number of hydrogen-bond acceptors (Lipinski definition) is 4. The van der Waals surface area contributed by atoms with Crippen molar-refractivity contribution in [1.29, 1.82) is 0 Å². The number of aliphatic hydroxyl groups excluding tert-OH is 1. The van der Waals surface area contributed by atoms with Gasteiger partial charge in [-0.3, -0.25) is 4.79 Å². The van der Waals surface area contributed by atoms with E-state index < -0.39 is 0 Å². The van der Waals surface area contributed by atoms with E-state index in [-0.39, 0.29) is 12.2 Å². The summed E-state index contributed by atoms with van der Waals surface area (Å²) in [6.45, 7) is 6.81. The summed E-state index contributed by atoms with van der Waals surface area (Å²) in [7, 11) is 0. The van der Waals surface area contributed by atoms with Crippen LogP contribution in [-0.2, 0) is 17.7 Å². The van der Waals surface area contributed by atoms with Crippen LogP contribution < -0.4 is 10.9 Å². The predicted molar refractivity (Wildman–Crippen MR) is 113 cm³/mol. The van der Waals surface area contributed by atoms with Gasteiger partial charge in [-0.25, -0.2) is 0 Å². The van der Waals surface area contributed by atoms with Crippen LogP contribution in [-0.4, -0.2) is 53.0 Å². The third kappa shape index (κ3) is 6.30. The number of fused-ring (bicyclic) bond motifs is 1. The zero-order chi connectivity index (χ0) is 19.6. The van der Waals surface area contributed by atoms with E-state index in [1.54, 1.807) is 0 Å². The van der Waals surface area contributed by atoms with Crippen LogP contribution in [0.25, 0.3) is 10.9 Å². The van der Waals surface area contributed by atoms with Crippen molar-refractivity contribution in [2.45, 2.75) is 33.2 Å². The third-order valence-electron chi connectivity index (χ3n) is 4.36. The van der Waals surface area contributed by atoms with Crippen molar-refractivity contribution in [2.75, 3.05) is 32.9 Å². The zero-order valence-corrected chi connectivity index (χ0v) is 16.9. The molecule has 0 aliphatic carbocycles. The Labute approximate surface area is 165 Å². The summed E-state index contributed by atoms with van der Waals surface area (Å²) in [6.07, 6.45) is 1.79. The highest BCUT2D eigenvalue weighted by molar-refractivity contribution is 7.80. The maximum absolute atomic E-state index is 12.5. The molecule has 2 rings (SSSR count). The zero-order valence-electron chi connectivity index (χ0n) is 16.1. The fourth-order valence-electron chi connectivity index (χ4n) is 2.84. The number of pyridine rings is 1. The number of H-pyrrole nitrogens is 1. The first-order valence-corrected chi connectivity index (χ1v) is 9.86. The summed E-state index contributed by atoms with van der Waals surface area (Å²) >= 11 is 5.45. The molecule has 27 heavy (non-hydrogen) atoms. The van der Waals surface area contributed by atoms with Crippen molar-refractivity contribution in [2.24, 2.45) is 0 Å². The number of ether oxygens (including phenoxy) is 1. The second-order valence-corrected chi connectivity index (χ2v) is 6.71. The SMILES string of the molecule is CCOCCCNC(=S)N(CCO)Cc1cc2cc(CC)ccc2[nH]c1=O. The monoisotopic (exact) mass is 391 g/mol. The van der Waals surface area contributed by atoms with Gasteiger partial charge < -0.3 is 25.0 Å². The van der Waals surface area contributed by atoms with E-state index in [1.807, 2.05) is 30.0 Å². The van der Waals surface area contributed by atoms with Crippen molar-refractivity contribution in [3.8, 4) is 0 Å². The van der Waals surface area contributed by atoms with E-state index in [2.05, 4.69) is 23.3 Å². The standard InChI is InChI=1S/C20H29N3O3S/c1-3-15-6-7-18-16(12-15)13-17(19(25)22-18)14-23(9-10-24)20(27)21-8-5-11-26-4-2/h6-7,12-13,24H,3-5,8-11,14H2,1-2H3,(H,21,27)(H,22,25). The van der Waals surface area contributed by atoms with E-state index in [1.165, 1.54) is 5.56 Å². The number of rotatable bonds is 10. The average Bonchev–Trinajstić information content (AvgIpc) is 2.67. The molecule has 0 fully saturated rings. The average molecular weight is 392 g/mol. The lowest BCUT2D eigenvalue weighted by atomic mass is 10.1. The largest absolute Gasteiger partial charge is 0.395 e. The number of aliphatic hydroxyl groups is 1. The van der Waals surface area contributed by atoms with Gasteiger partial charge in [0.1, 0.15) is 0 Å². The summed E-state index contributed by atoms with van der Waals surface area (Å²) in [4.78, 5) is 17.2. The fraction of sp³-hybridized carbons (Fsp3) is 0.500. The fourth-order valence-corrected chi connectivity index (χ4v) is 3.10. The molecule has 7 heteroatoms. The third-order valence-corrected chi connectivity index (χ3v) is 4.76. The van der Waals surface area contributed by atoms with Crippen LogP contribution in [0.2, 0.25) is 0 Å². The van der Waals surface area contributed by atoms with Gasteiger partial charge in [0.15, 0.2) is 5.11 Å². The summed E-state index contributed by atoms with van der Waals surface area (Å²) in [5, 5.41) is 14.1. The molecule has 1 aromatic carbocycles. The molecule has 6 nitrogen and oxygen atoms in total. The first-order chi connectivity index (χ1) is 13.1. The molecular formula is C20H29N3O3S. The van der Waals surface area contributed by atoms with E-state index in [0.717, 1.165) is 23.7 Å². The number of aryl methyl sites for hydroxylation is 1. The lowest BCUT2D eigenvalue weighted by molar-refractivity contribution is 0.145. The Kier molecular flexibility index (Phi) is 8.71. The molecule has 1 heterocycles. The molecule has 0 atom stereocenters. The normalized spacial score (nSPS) is 10.9. The molecule has 2 aromatic rings. The highest BCUT2D eigenvalue weighted by atomic mass is 32.1. The number of thiocarbonyl (C=S) groups is 1. The van der Waals surface area contributed by atoms with Crippen LogP contribution in [0, 0.1) is 0 Å². The molecule has 0 amide bonds. The topological polar surface area (TPSA) is 77.6 Å². The van der Waals surface area contributed by atoms with Crippen molar-refractivity contribution in [3.63, 3.8) is 0 Å². The van der Waals surface area contributed by atoms with Crippen molar-refractivity contribution in [3.05, 3.63) is 45.7 Å². The maximum atomic E-state index is 12.5. The smallest absolute Gasteiger partial charge is 0.253 e. The van der Waals surface area contributed by atoms with Gasteiger partial charge >= 0.3 is 0 Å². The van der Waals surface area contributed by atoms with E-state index >= 15 is 0 Å². The van der Waals surface area contributed by atoms with Gasteiger partial charge in [0.25, 0.3) is 5.56 Å². The molecule has 0 aliphatic rings. The lowest BCUT2D eigenvalue weighted by Crippen LogP contribution is -2.42. The summed E-state index contributed by atoms with van der Waals surface area (Å²) < 4.78 is 5.31. The summed E-state index contributed by atoms with van der Waals surface area (Å²) in [5.74, 6) is 0. The minimum atomic E-state index is -0.131. The molecule has 0 aliphatic heterocycles. The number of aromatic amines is 1. The first-order valence-electron chi connectivity index (χ1n) is 9.45. The Balaban J connectivity index is 2.11. The minimum Gasteiger partial charge on any atom is -0.395 e. The van der Waals surface area contributed by atoms with Gasteiger partial charge in [-0.05, 0) is 61.1 Å². The number of hydrogen-bond donors (Lipinski definition) is 3. The van der Waals surface area contributed by atoms with Crippen LogP contribution in [0.3, 0.4) is 0 Å². The molecule has 0 saturated carbocycles. The van der Waals surface area contributed by atoms with E-state index in [4.69, 9.17) is 17.0 Å². The van der Waals surface area contributed by atoms with Gasteiger partial charge in [0, 0.05) is 37.4 Å². The van der Waals surface area contributed by atoms with Crippen LogP contribution in [0.4, 0.5) is 0 Å². The van der Waals surface area contributed by atoms with E-state index in [9.17, 15) is 9.90 Å². The van der Waals surface area contributed by atoms with Gasteiger partial charge in [0.05, 0.1) is 13.2 Å². The summed E-state index contributed by atoms with van der Waals surface area (Å²) in [5.41, 5.74) is 2.54. The van der Waals surface area contributed by atoms with Gasteiger partial charge in [-0.2, -0.15) is 0 Å². The maximum Gasteiger partial charge on any atom is 0.253 e. The molecule has 0 saturated heterocycles. The number of nitrogens with one attached hydrogen (secondary N) is 2. The Morgan fingerprint density at radius 1 is 1.33 bits per heavy atom. The van der Waals surface area contributed by atoms with Crippen molar-refractivity contribution >= 4 is 28.2 Å². The number of aromatic nitrogens is 1. The Hall–Kier alpha value is -1.96. The molecule has 0 bridgehead atoms. The van der Waals surface area contributed by atoms with Crippen LogP contribution >= 0.6 is 12.2 Å². The predicted octanol–water partition coefficient (Wildman–Crippen LogP) is 2.19. The quantitative estimate of drug-likeness (QED) is 0.426. The molecule has 1 aromatic heterocycles. The molecule has 148 valence electrons. The molecular weight excluding hydrogens is 362 g/mol. The van der Waals surface area contributed by atoms with Gasteiger partial charge in [-0.1, -0.05) is 13.0 Å². The molecule has 0 unspecified atom stereocenters. The highest BCUT2D eigenvalue weighted by Gasteiger charge is 2.13. The Morgan fingerprint density at radius 2 is 2.15 bits per heavy atom. The van der Waals surface area contributed by atoms with E-state index in [0.29, 0.717) is 43.5 Å². The van der Waals surface area contributed by atoms with Crippen LogP contribution in [0.5, 0.6) is 0 Å². The number of benzene rings is 1. The first kappa shape index (κ1) is 21.3. The molecule has 3 N–H and O–H groups in total. The second-order valence-electron chi connectivity index (χ2n) is 6.33. The minimum absolute atomic E-state index is 0.0355. The summed E-state index contributed by atoms with van der Waals surface area (Å²) in [6, 6.07) is 7.97. The molecule has 0 spiro atoms.